The van der Waals surface area contributed by atoms with Crippen molar-refractivity contribution in [1.29, 1.82) is 0 Å². The molecule has 0 aliphatic carbocycles. The Hall–Kier alpha value is -1.15. The average molecular weight is 377 g/mol. The minimum atomic E-state index is -3.38. The largest absolute Gasteiger partial charge is 0.465 e. The second-order valence-electron chi connectivity index (χ2n) is 5.87. The molecule has 1 aliphatic rings. The summed E-state index contributed by atoms with van der Waals surface area (Å²) in [4.78, 5) is 11.6. The Balaban J connectivity index is 0.00000288. The predicted molar refractivity (Wildman–Crippen MR) is 95.9 cm³/mol. The highest BCUT2D eigenvalue weighted by molar-refractivity contribution is 7.88. The highest BCUT2D eigenvalue weighted by Gasteiger charge is 2.28. The molecule has 0 amide bonds. The molecule has 0 spiro atoms. The summed E-state index contributed by atoms with van der Waals surface area (Å²) in [7, 11) is -0.196. The summed E-state index contributed by atoms with van der Waals surface area (Å²) in [6.45, 7) is 1.95. The van der Waals surface area contributed by atoms with E-state index in [9.17, 15) is 13.2 Å². The molecule has 1 fully saturated rings. The third-order valence-electron chi connectivity index (χ3n) is 4.07. The fraction of sp³-hybridized carbons (Fsp3) is 0.562. The van der Waals surface area contributed by atoms with Crippen molar-refractivity contribution < 1.29 is 17.9 Å². The predicted octanol–water partition coefficient (Wildman–Crippen LogP) is 1.66. The molecule has 1 aromatic carbocycles. The third kappa shape index (κ3) is 5.44. The van der Waals surface area contributed by atoms with Crippen LogP contribution in [-0.4, -0.2) is 52.5 Å². The first-order valence-corrected chi connectivity index (χ1v) is 9.37. The number of hydrogen-bond donors (Lipinski definition) is 1. The van der Waals surface area contributed by atoms with E-state index in [1.165, 1.54) is 7.11 Å². The van der Waals surface area contributed by atoms with Gasteiger partial charge in [-0.1, -0.05) is 12.1 Å². The molecule has 0 saturated carbocycles. The minimum absolute atomic E-state index is 0. The Morgan fingerprint density at radius 1 is 1.42 bits per heavy atom. The van der Waals surface area contributed by atoms with Gasteiger partial charge in [0.1, 0.15) is 0 Å². The number of piperidine rings is 1. The monoisotopic (exact) mass is 376 g/mol. The van der Waals surface area contributed by atoms with Gasteiger partial charge in [0.2, 0.25) is 10.0 Å². The maximum Gasteiger partial charge on any atom is 0.337 e. The van der Waals surface area contributed by atoms with Crippen LogP contribution >= 0.6 is 12.4 Å². The van der Waals surface area contributed by atoms with Crippen molar-refractivity contribution in [3.05, 3.63) is 35.4 Å². The van der Waals surface area contributed by atoms with Crippen LogP contribution in [0.25, 0.3) is 0 Å². The fourth-order valence-corrected chi connectivity index (χ4v) is 4.57. The summed E-state index contributed by atoms with van der Waals surface area (Å²) in [6.07, 6.45) is 1.93. The lowest BCUT2D eigenvalue weighted by Gasteiger charge is -2.31. The van der Waals surface area contributed by atoms with E-state index in [0.717, 1.165) is 19.4 Å². The number of methoxy groups -OCH3 is 1. The Bertz CT molecular complexity index is 649. The number of esters is 1. The topological polar surface area (TPSA) is 75.7 Å². The summed E-state index contributed by atoms with van der Waals surface area (Å²) in [5.41, 5.74) is 0.968. The Kier molecular flexibility index (Phi) is 8.15. The number of nitrogens with one attached hydrogen (secondary N) is 1. The molecule has 1 heterocycles. The van der Waals surface area contributed by atoms with Gasteiger partial charge in [0.05, 0.1) is 18.4 Å². The molecule has 8 heteroatoms. The maximum absolute atomic E-state index is 12.6. The van der Waals surface area contributed by atoms with Gasteiger partial charge in [0, 0.05) is 13.1 Å². The number of carbonyl (C=O) groups is 1. The van der Waals surface area contributed by atoms with E-state index in [4.69, 9.17) is 0 Å². The summed E-state index contributed by atoms with van der Waals surface area (Å²) in [5.74, 6) is -0.203. The fourth-order valence-electron chi connectivity index (χ4n) is 2.94. The molecule has 1 unspecified atom stereocenters. The number of hydrogen-bond acceptors (Lipinski definition) is 5. The minimum Gasteiger partial charge on any atom is -0.465 e. The lowest BCUT2D eigenvalue weighted by Crippen LogP contribution is -2.42. The van der Waals surface area contributed by atoms with Gasteiger partial charge in [-0.2, -0.15) is 0 Å². The van der Waals surface area contributed by atoms with Crippen LogP contribution in [0.5, 0.6) is 0 Å². The number of nitrogens with zero attached hydrogens (tertiary/aromatic N) is 1. The first-order chi connectivity index (χ1) is 11.0. The zero-order chi connectivity index (χ0) is 16.9. The van der Waals surface area contributed by atoms with Crippen LogP contribution in [-0.2, 0) is 20.5 Å². The summed E-state index contributed by atoms with van der Waals surface area (Å²) in [6, 6.07) is 6.60. The van der Waals surface area contributed by atoms with Crippen LogP contribution in [0.15, 0.2) is 24.3 Å². The molecule has 1 aromatic rings. The van der Waals surface area contributed by atoms with Gasteiger partial charge < -0.3 is 10.1 Å². The van der Waals surface area contributed by atoms with E-state index in [2.05, 4.69) is 10.1 Å². The smallest absolute Gasteiger partial charge is 0.337 e. The molecule has 2 rings (SSSR count). The summed E-state index contributed by atoms with van der Waals surface area (Å²) in [5, 5.41) is 3.11. The van der Waals surface area contributed by atoms with Gasteiger partial charge in [-0.25, -0.2) is 17.5 Å². The Labute approximate surface area is 150 Å². The van der Waals surface area contributed by atoms with Crippen LogP contribution in [0.3, 0.4) is 0 Å². The zero-order valence-electron chi connectivity index (χ0n) is 14.0. The van der Waals surface area contributed by atoms with Gasteiger partial charge in [0.15, 0.2) is 0 Å². The quantitative estimate of drug-likeness (QED) is 0.764. The number of rotatable bonds is 6. The van der Waals surface area contributed by atoms with Crippen molar-refractivity contribution >= 4 is 28.4 Å². The molecule has 1 aliphatic heterocycles. The molecule has 1 saturated heterocycles. The van der Waals surface area contributed by atoms with Crippen molar-refractivity contribution in [2.45, 2.75) is 18.6 Å². The first kappa shape index (κ1) is 20.9. The molecule has 0 aromatic heterocycles. The molecular weight excluding hydrogens is 352 g/mol. The van der Waals surface area contributed by atoms with Crippen molar-refractivity contribution in [2.75, 3.05) is 33.8 Å². The molecule has 136 valence electrons. The number of benzene rings is 1. The van der Waals surface area contributed by atoms with Crippen molar-refractivity contribution in [1.82, 2.24) is 9.62 Å². The van der Waals surface area contributed by atoms with Gasteiger partial charge in [-0.3, -0.25) is 0 Å². The number of sulfonamides is 1. The van der Waals surface area contributed by atoms with Gasteiger partial charge in [-0.05, 0) is 50.0 Å². The van der Waals surface area contributed by atoms with Gasteiger partial charge in [0.25, 0.3) is 0 Å². The van der Waals surface area contributed by atoms with E-state index in [1.807, 2.05) is 7.05 Å². The zero-order valence-corrected chi connectivity index (χ0v) is 15.7. The standard InChI is InChI=1S/C16H24N2O4S.ClH/c1-17-10-14-6-4-8-18(11-14)23(20,21)12-13-5-3-7-15(9-13)16(19)22-2;/h3,5,7,9,14,17H,4,6,8,10-12H2,1-2H3;1H. The SMILES string of the molecule is CNCC1CCCN(S(=O)(=O)Cc2cccc(C(=O)OC)c2)C1.Cl. The summed E-state index contributed by atoms with van der Waals surface area (Å²) < 4.78 is 31.5. The van der Waals surface area contributed by atoms with Crippen LogP contribution in [0, 0.1) is 5.92 Å². The number of ether oxygens (including phenoxy) is 1. The summed E-state index contributed by atoms with van der Waals surface area (Å²) >= 11 is 0. The maximum atomic E-state index is 12.6. The number of carbonyl (C=O) groups excluding carboxylic acids is 1. The lowest BCUT2D eigenvalue weighted by atomic mass is 10.00. The van der Waals surface area contributed by atoms with Gasteiger partial charge in [-0.15, -0.1) is 12.4 Å². The van der Waals surface area contributed by atoms with E-state index in [0.29, 0.717) is 30.1 Å². The van der Waals surface area contributed by atoms with Crippen LogP contribution in [0.1, 0.15) is 28.8 Å². The second kappa shape index (κ2) is 9.36. The molecule has 1 N–H and O–H groups in total. The molecule has 0 radical (unpaired) electrons. The molecule has 24 heavy (non-hydrogen) atoms. The highest BCUT2D eigenvalue weighted by Crippen LogP contribution is 2.21. The third-order valence-corrected chi connectivity index (χ3v) is 5.88. The van der Waals surface area contributed by atoms with Crippen molar-refractivity contribution in [3.63, 3.8) is 0 Å². The number of halogens is 1. The first-order valence-electron chi connectivity index (χ1n) is 7.76. The highest BCUT2D eigenvalue weighted by atomic mass is 35.5. The Morgan fingerprint density at radius 3 is 2.83 bits per heavy atom. The Morgan fingerprint density at radius 2 is 2.17 bits per heavy atom. The van der Waals surface area contributed by atoms with Crippen LogP contribution in [0.4, 0.5) is 0 Å². The van der Waals surface area contributed by atoms with E-state index in [1.54, 1.807) is 28.6 Å². The molecular formula is C16H25ClN2O4S. The van der Waals surface area contributed by atoms with E-state index in [-0.39, 0.29) is 18.2 Å². The molecule has 1 atom stereocenters. The van der Waals surface area contributed by atoms with Crippen LogP contribution in [0.2, 0.25) is 0 Å². The van der Waals surface area contributed by atoms with Crippen molar-refractivity contribution in [3.8, 4) is 0 Å². The van der Waals surface area contributed by atoms with Crippen molar-refractivity contribution in [2.24, 2.45) is 5.92 Å². The van der Waals surface area contributed by atoms with Crippen LogP contribution < -0.4 is 5.32 Å². The molecule has 6 nitrogen and oxygen atoms in total. The van der Waals surface area contributed by atoms with E-state index >= 15 is 0 Å². The average Bonchev–Trinajstić information content (AvgIpc) is 2.54. The second-order valence-corrected chi connectivity index (χ2v) is 7.84. The van der Waals surface area contributed by atoms with E-state index < -0.39 is 16.0 Å². The lowest BCUT2D eigenvalue weighted by molar-refractivity contribution is 0.0600. The normalized spacial score (nSPS) is 18.7. The molecule has 0 bridgehead atoms. The van der Waals surface area contributed by atoms with Gasteiger partial charge >= 0.3 is 5.97 Å².